The average Bonchev–Trinajstić information content (AvgIpc) is 3.35. The summed E-state index contributed by atoms with van der Waals surface area (Å²) in [4.78, 5) is 0. The molecule has 0 radical (unpaired) electrons. The molecule has 1 atom stereocenters. The maximum Gasteiger partial charge on any atom is 0.133 e. The molecule has 0 aliphatic carbocycles. The smallest absolute Gasteiger partial charge is 0.133 e. The molecule has 3 heteroatoms. The predicted octanol–water partition coefficient (Wildman–Crippen LogP) is 9.33. The highest BCUT2D eigenvalue weighted by molar-refractivity contribution is 6.10. The van der Waals surface area contributed by atoms with Crippen LogP contribution in [0.2, 0.25) is 0 Å². The van der Waals surface area contributed by atoms with Crippen molar-refractivity contribution in [3.05, 3.63) is 101 Å². The summed E-state index contributed by atoms with van der Waals surface area (Å²) in [5.74, 6) is 0. The fourth-order valence-corrected chi connectivity index (χ4v) is 6.18. The van der Waals surface area contributed by atoms with Crippen LogP contribution in [-0.2, 0) is 5.54 Å². The molecule has 0 N–H and O–H groups in total. The van der Waals surface area contributed by atoms with Crippen molar-refractivity contribution in [2.75, 3.05) is 0 Å². The molecule has 6 aromatic rings. The lowest BCUT2D eigenvalue weighted by Gasteiger charge is -2.27. The van der Waals surface area contributed by atoms with E-state index < -0.39 is 5.54 Å². The van der Waals surface area contributed by atoms with E-state index in [-0.39, 0.29) is 0 Å². The van der Waals surface area contributed by atoms with Gasteiger partial charge in [0.15, 0.2) is 0 Å². The van der Waals surface area contributed by atoms with Gasteiger partial charge in [0.25, 0.3) is 0 Å². The summed E-state index contributed by atoms with van der Waals surface area (Å²) in [6, 6.07) is 29.2. The van der Waals surface area contributed by atoms with Crippen molar-refractivity contribution in [1.82, 2.24) is 9.13 Å². The highest BCUT2D eigenvalue weighted by Crippen LogP contribution is 2.38. The monoisotopic (exact) mass is 495 g/mol. The van der Waals surface area contributed by atoms with Gasteiger partial charge in [-0.1, -0.05) is 52.1 Å². The van der Waals surface area contributed by atoms with E-state index in [1.807, 2.05) is 0 Å². The predicted molar refractivity (Wildman–Crippen MR) is 162 cm³/mol. The van der Waals surface area contributed by atoms with Crippen LogP contribution in [0.25, 0.3) is 49.8 Å². The number of aromatic nitrogens is 2. The lowest BCUT2D eigenvalue weighted by molar-refractivity contribution is 0.445. The minimum Gasteiger partial charge on any atom is -0.321 e. The Hall–Kier alpha value is -4.29. The third-order valence-corrected chi connectivity index (χ3v) is 7.90. The summed E-state index contributed by atoms with van der Waals surface area (Å²) < 4.78 is 4.56. The van der Waals surface area contributed by atoms with Gasteiger partial charge in [0, 0.05) is 34.2 Å². The average molecular weight is 496 g/mol. The number of aryl methyl sites for hydroxylation is 4. The zero-order valence-electron chi connectivity index (χ0n) is 23.1. The number of nitriles is 1. The first-order chi connectivity index (χ1) is 18.2. The molecule has 0 aliphatic heterocycles. The fourth-order valence-electron chi connectivity index (χ4n) is 6.18. The normalized spacial score (nSPS) is 14.0. The lowest BCUT2D eigenvalue weighted by atomic mass is 9.94. The molecule has 1 unspecified atom stereocenters. The first kappa shape index (κ1) is 24.1. The second-order valence-electron chi connectivity index (χ2n) is 11.3. The summed E-state index contributed by atoms with van der Waals surface area (Å²) in [6.07, 6.45) is 2.84. The van der Waals surface area contributed by atoms with Gasteiger partial charge in [0.2, 0.25) is 0 Å². The molecule has 0 fully saturated rings. The number of benzene rings is 4. The van der Waals surface area contributed by atoms with E-state index in [4.69, 9.17) is 0 Å². The van der Waals surface area contributed by atoms with Crippen molar-refractivity contribution in [3.63, 3.8) is 0 Å². The Balaban J connectivity index is 1.53. The molecule has 38 heavy (non-hydrogen) atoms. The number of nitrogens with zero attached hydrogens (tertiary/aromatic N) is 3. The fraction of sp³-hybridized carbons (Fsp3) is 0.229. The standard InChI is InChI=1S/C35H33N3/c1-22-7-11-31-27(15-22)28-16-23(2)8-12-32(28)37(31)20-26(5)19-35(6,21-36)38-33-13-9-24(3)17-29(33)30-18-25(4)10-14-34(30)38/h7-18,20H,19H2,1-6H3/b26-20+. The molecule has 0 spiro atoms. The van der Waals surface area contributed by atoms with Gasteiger partial charge >= 0.3 is 0 Å². The van der Waals surface area contributed by atoms with Gasteiger partial charge in [-0.15, -0.1) is 0 Å². The summed E-state index contributed by atoms with van der Waals surface area (Å²) in [5, 5.41) is 15.6. The van der Waals surface area contributed by atoms with E-state index in [0.717, 1.165) is 16.6 Å². The van der Waals surface area contributed by atoms with Crippen LogP contribution >= 0.6 is 0 Å². The van der Waals surface area contributed by atoms with E-state index in [1.165, 1.54) is 54.8 Å². The van der Waals surface area contributed by atoms with Crippen LogP contribution in [0, 0.1) is 39.0 Å². The van der Waals surface area contributed by atoms with Gasteiger partial charge in [-0.2, -0.15) is 5.26 Å². The first-order valence-corrected chi connectivity index (χ1v) is 13.3. The molecule has 6 rings (SSSR count). The quantitative estimate of drug-likeness (QED) is 0.240. The molecule has 4 aromatic carbocycles. The summed E-state index contributed by atoms with van der Waals surface area (Å²) >= 11 is 0. The molecule has 0 bridgehead atoms. The van der Waals surface area contributed by atoms with Crippen LogP contribution in [0.3, 0.4) is 0 Å². The van der Waals surface area contributed by atoms with Gasteiger partial charge in [-0.3, -0.25) is 0 Å². The Labute approximate surface area is 224 Å². The van der Waals surface area contributed by atoms with Gasteiger partial charge in [-0.25, -0.2) is 0 Å². The van der Waals surface area contributed by atoms with Crippen molar-refractivity contribution in [2.45, 2.75) is 53.5 Å². The Kier molecular flexibility index (Phi) is 5.47. The van der Waals surface area contributed by atoms with E-state index >= 15 is 0 Å². The lowest BCUT2D eigenvalue weighted by Crippen LogP contribution is -2.28. The van der Waals surface area contributed by atoms with Gasteiger partial charge in [0.1, 0.15) is 5.54 Å². The second kappa shape index (κ2) is 8.64. The number of hydrogen-bond acceptors (Lipinski definition) is 1. The van der Waals surface area contributed by atoms with Crippen LogP contribution in [0.15, 0.2) is 78.4 Å². The molecular weight excluding hydrogens is 462 g/mol. The Bertz CT molecular complexity index is 1850. The van der Waals surface area contributed by atoms with Crippen LogP contribution in [-0.4, -0.2) is 9.13 Å². The minimum atomic E-state index is -0.753. The molecular formula is C35H33N3. The van der Waals surface area contributed by atoms with Crippen molar-refractivity contribution >= 4 is 49.8 Å². The van der Waals surface area contributed by atoms with E-state index in [1.54, 1.807) is 0 Å². The van der Waals surface area contributed by atoms with Crippen LogP contribution in [0.4, 0.5) is 0 Å². The molecule has 2 aromatic heterocycles. The number of fused-ring (bicyclic) bond motifs is 6. The third kappa shape index (κ3) is 3.72. The van der Waals surface area contributed by atoms with Crippen molar-refractivity contribution < 1.29 is 0 Å². The van der Waals surface area contributed by atoms with Gasteiger partial charge < -0.3 is 9.13 Å². The number of rotatable bonds is 4. The number of hydrogen-bond donors (Lipinski definition) is 0. The van der Waals surface area contributed by atoms with E-state index in [9.17, 15) is 5.26 Å². The van der Waals surface area contributed by atoms with Crippen LogP contribution in [0.1, 0.15) is 42.5 Å². The van der Waals surface area contributed by atoms with E-state index in [2.05, 4.69) is 136 Å². The Morgan fingerprint density at radius 2 is 1.05 bits per heavy atom. The van der Waals surface area contributed by atoms with Crippen molar-refractivity contribution in [3.8, 4) is 6.07 Å². The molecule has 2 heterocycles. The molecule has 0 saturated heterocycles. The minimum absolute atomic E-state index is 0.614. The SMILES string of the molecule is C/C(=C\n1c2ccc(C)cc2c2cc(C)ccc21)CC(C)(C#N)n1c2ccc(C)cc2c2cc(C)ccc21. The second-order valence-corrected chi connectivity index (χ2v) is 11.3. The van der Waals surface area contributed by atoms with Crippen molar-refractivity contribution in [1.29, 1.82) is 5.26 Å². The molecule has 0 aliphatic rings. The van der Waals surface area contributed by atoms with Gasteiger partial charge in [0.05, 0.1) is 28.1 Å². The third-order valence-electron chi connectivity index (χ3n) is 7.90. The van der Waals surface area contributed by atoms with E-state index in [0.29, 0.717) is 6.42 Å². The molecule has 188 valence electrons. The molecule has 0 saturated carbocycles. The van der Waals surface area contributed by atoms with Crippen LogP contribution in [0.5, 0.6) is 0 Å². The highest BCUT2D eigenvalue weighted by atomic mass is 15.1. The van der Waals surface area contributed by atoms with Gasteiger partial charge in [-0.05, 0) is 90.1 Å². The zero-order valence-corrected chi connectivity index (χ0v) is 23.1. The maximum absolute atomic E-state index is 10.7. The molecule has 0 amide bonds. The summed E-state index contributed by atoms with van der Waals surface area (Å²) in [6.45, 7) is 12.8. The maximum atomic E-state index is 10.7. The Morgan fingerprint density at radius 3 is 1.45 bits per heavy atom. The largest absolute Gasteiger partial charge is 0.321 e. The highest BCUT2D eigenvalue weighted by Gasteiger charge is 2.30. The number of allylic oxidation sites excluding steroid dienone is 1. The summed E-state index contributed by atoms with van der Waals surface area (Å²) in [5.41, 5.74) is 9.97. The zero-order chi connectivity index (χ0) is 26.8. The molecule has 3 nitrogen and oxygen atoms in total. The first-order valence-electron chi connectivity index (χ1n) is 13.3. The topological polar surface area (TPSA) is 33.6 Å². The summed E-state index contributed by atoms with van der Waals surface area (Å²) in [7, 11) is 0. The Morgan fingerprint density at radius 1 is 0.684 bits per heavy atom. The van der Waals surface area contributed by atoms with Crippen molar-refractivity contribution in [2.24, 2.45) is 0 Å². The van der Waals surface area contributed by atoms with Crippen LogP contribution < -0.4 is 0 Å².